The number of ketones is 1. The number of thiazole rings is 2. The van der Waals surface area contributed by atoms with Crippen molar-refractivity contribution in [2.24, 2.45) is 17.1 Å². The standard InChI is InChI=1S/C34H35FN8OS.C29H25FN8OS.C4H9NO.C4H6O4.C2H3BO2.C2H6.Na/c1-3-27-31(41(2)33-40-30(28(17-36)45-33)23-4-7-26(35)8-5-23)43-20-24(6-9-29(43)39-27)25-18-37-32(38-19-25)42-14-10-22(11-15-42)16-34(21-44)12-13-34;1-3-23-27(36(2)29-35-26(24(14-31)40-29)18-4-7-21(30)8-5-18)38-17-19(6-9-25(38)34-23)20-15-32-28(33-16-20)37-12-10-22(39)11-13-37;5-4(3-6)1-2-4;1-3(5)7-8-4(2)6;1-2(4)5-3;1-2;/h4-9,18-20,22,44H,3,10-16,21H2,1-2H3;4-9,15-17H,3,10-13H2,1-2H3;6H,1-3,5H2;1-2H3;1H3;1-2H3;/q;;;;-1;;+1/i;;;;;1D;. The van der Waals surface area contributed by atoms with Gasteiger partial charge in [-0.1, -0.05) is 50.3 Å². The number of anilines is 6. The van der Waals surface area contributed by atoms with Gasteiger partial charge in [0, 0.05) is 158 Å². The molecule has 10 aromatic rings. The third-order valence-corrected chi connectivity index (χ3v) is 20.1. The van der Waals surface area contributed by atoms with Gasteiger partial charge in [-0.3, -0.25) is 18.4 Å². The van der Waals surface area contributed by atoms with E-state index in [1.54, 1.807) is 43.6 Å². The average Bonchev–Trinajstić information content (AvgIpc) is 1.61. The number of Topliss-reactive ketones (excluding diaryl/α,β-unsaturated/α-hetero) is 1. The molecule has 3 radical (unpaired) electrons. The summed E-state index contributed by atoms with van der Waals surface area (Å²) in [7, 11) is 8.16. The second kappa shape index (κ2) is 38.2. The van der Waals surface area contributed by atoms with Crippen LogP contribution in [0.5, 0.6) is 0 Å². The molecule has 553 valence electrons. The molecular formula is C75H84BF2N17NaO9S2. The van der Waals surface area contributed by atoms with Crippen LogP contribution in [0.2, 0.25) is 0 Å². The minimum atomic E-state index is -0.639. The Morgan fingerprint density at radius 2 is 1.02 bits per heavy atom. The molecule has 0 spiro atoms. The molecule has 0 atom stereocenters. The number of nitriles is 2. The van der Waals surface area contributed by atoms with E-state index in [0.29, 0.717) is 107 Å². The van der Waals surface area contributed by atoms with Crippen LogP contribution in [0.15, 0.2) is 110 Å². The maximum Gasteiger partial charge on any atom is 1.00 e. The Balaban J connectivity index is 0.000000212. The summed E-state index contributed by atoms with van der Waals surface area (Å²) in [6.07, 6.45) is 21.6. The van der Waals surface area contributed by atoms with Gasteiger partial charge in [0.2, 0.25) is 17.9 Å². The summed E-state index contributed by atoms with van der Waals surface area (Å²) in [4.78, 5) is 95.4. The Kier molecular flexibility index (Phi) is 29.1. The van der Waals surface area contributed by atoms with E-state index < -0.39 is 17.9 Å². The minimum Gasteiger partial charge on any atom is -0.793 e. The normalized spacial score (nSPS) is 14.5. The number of aliphatic hydroxyl groups is 2. The number of carbonyl (C=O) groups is 4. The largest absolute Gasteiger partial charge is 1.00 e. The average molecular weight is 1500 g/mol. The molecule has 0 amide bonds. The van der Waals surface area contributed by atoms with Gasteiger partial charge in [-0.05, 0) is 142 Å². The number of hydrogen-bond donors (Lipinski definition) is 3. The van der Waals surface area contributed by atoms with Gasteiger partial charge in [0.25, 0.3) is 0 Å². The Morgan fingerprint density at radius 3 is 1.34 bits per heavy atom. The number of nitrogens with zero attached hydrogens (tertiary/aromatic N) is 16. The van der Waals surface area contributed by atoms with Crippen molar-refractivity contribution >= 4 is 99.5 Å². The molecule has 4 fully saturated rings. The molecule has 2 aromatic carbocycles. The van der Waals surface area contributed by atoms with Gasteiger partial charge >= 0.3 is 41.5 Å². The molecule has 4 aliphatic rings. The Hall–Kier alpha value is -9.70. The van der Waals surface area contributed by atoms with Crippen molar-refractivity contribution in [3.63, 3.8) is 0 Å². The van der Waals surface area contributed by atoms with Crippen molar-refractivity contribution in [2.45, 2.75) is 125 Å². The quantitative estimate of drug-likeness (QED) is 0.0461. The molecule has 2 saturated heterocycles. The zero-order chi connectivity index (χ0) is 77.1. The van der Waals surface area contributed by atoms with E-state index >= 15 is 0 Å². The first kappa shape index (κ1) is 81.4. The SMILES string of the molecule is CC(=O)OOC(C)=O.CCc1nc2ccc(-c3cnc(N4CCC(=O)CC4)nc3)cn2c1N(C)c1nc(-c2ccc(F)cc2)c(C#N)s1.CCc1nc2ccc(-c3cnc(N4CCC(CC5(CO)CC5)CC4)nc3)cn2c1N(C)c1nc(-c2ccc(F)cc2)c(C#N)s1.NC1(CO)CC1.[2H]CC.[B-]OC(C)=O.[Na+]. The van der Waals surface area contributed by atoms with Crippen molar-refractivity contribution in [1.29, 1.82) is 10.5 Å². The Morgan fingerprint density at radius 1 is 0.636 bits per heavy atom. The monoisotopic (exact) mass is 1500 g/mol. The van der Waals surface area contributed by atoms with E-state index in [1.165, 1.54) is 66.7 Å². The van der Waals surface area contributed by atoms with Crippen LogP contribution in [-0.2, 0) is 46.4 Å². The van der Waals surface area contributed by atoms with Crippen LogP contribution in [0.1, 0.15) is 129 Å². The van der Waals surface area contributed by atoms with Crippen molar-refractivity contribution in [3.05, 3.63) is 143 Å². The van der Waals surface area contributed by atoms with E-state index in [9.17, 15) is 43.6 Å². The van der Waals surface area contributed by atoms with Crippen LogP contribution >= 0.6 is 22.7 Å². The number of rotatable bonds is 16. The molecule has 26 nitrogen and oxygen atoms in total. The topological polar surface area (TPSA) is 335 Å². The molecule has 0 bridgehead atoms. The van der Waals surface area contributed by atoms with Crippen LogP contribution in [0.3, 0.4) is 0 Å². The number of aryl methyl sites for hydroxylation is 2. The Labute approximate surface area is 652 Å². The number of carbonyl (C=O) groups excluding carboxylic acids is 4. The van der Waals surface area contributed by atoms with Crippen LogP contribution in [0.25, 0.3) is 56.1 Å². The molecule has 107 heavy (non-hydrogen) atoms. The number of nitrogens with two attached hydrogens (primary N) is 1. The maximum absolute atomic E-state index is 13.5. The number of piperidine rings is 2. The predicted octanol–water partition coefficient (Wildman–Crippen LogP) is 9.22. The first-order valence-corrected chi connectivity index (χ1v) is 36.1. The number of hydrogen-bond acceptors (Lipinski definition) is 26. The van der Waals surface area contributed by atoms with Crippen molar-refractivity contribution in [1.82, 2.24) is 48.7 Å². The molecule has 0 unspecified atom stereocenters. The van der Waals surface area contributed by atoms with Gasteiger partial charge in [0.1, 0.15) is 73.6 Å². The van der Waals surface area contributed by atoms with Gasteiger partial charge in [-0.25, -0.2) is 68.0 Å². The fourth-order valence-electron chi connectivity index (χ4n) is 11.7. The van der Waals surface area contributed by atoms with Gasteiger partial charge in [-0.2, -0.15) is 10.5 Å². The summed E-state index contributed by atoms with van der Waals surface area (Å²) in [6, 6.07) is 24.5. The van der Waals surface area contributed by atoms with E-state index in [0.717, 1.165) is 122 Å². The third-order valence-electron chi connectivity index (χ3n) is 18.0. The molecule has 14 rings (SSSR count). The van der Waals surface area contributed by atoms with Crippen molar-refractivity contribution < 1.29 is 83.5 Å². The van der Waals surface area contributed by atoms with E-state index in [2.05, 4.69) is 60.8 Å². The number of benzene rings is 2. The first-order chi connectivity index (χ1) is 51.4. The Bertz CT molecular complexity index is 4770. The molecule has 4 N–H and O–H groups in total. The van der Waals surface area contributed by atoms with E-state index in [-0.39, 0.29) is 64.5 Å². The second-order valence-electron chi connectivity index (χ2n) is 25.6. The van der Waals surface area contributed by atoms with Crippen molar-refractivity contribution in [3.8, 4) is 56.9 Å². The molecule has 10 heterocycles. The summed E-state index contributed by atoms with van der Waals surface area (Å²) in [5, 5.41) is 39.0. The zero-order valence-electron chi connectivity index (χ0n) is 62.3. The molecule has 8 aromatic heterocycles. The summed E-state index contributed by atoms with van der Waals surface area (Å²) >= 11 is 2.58. The van der Waals surface area contributed by atoms with Gasteiger partial charge in [0.05, 0.1) is 18.0 Å². The fourth-order valence-corrected chi connectivity index (χ4v) is 13.4. The first-order valence-electron chi connectivity index (χ1n) is 35.2. The summed E-state index contributed by atoms with van der Waals surface area (Å²) in [6.45, 7) is 13.6. The molecular weight excluding hydrogens is 1420 g/mol. The number of fused-ring (bicyclic) bond motifs is 2. The van der Waals surface area contributed by atoms with E-state index in [4.69, 9.17) is 42.1 Å². The summed E-state index contributed by atoms with van der Waals surface area (Å²) in [5.74, 6) is 1.63. The number of aliphatic hydroxyl groups excluding tert-OH is 2. The second-order valence-corrected chi connectivity index (χ2v) is 27.6. The van der Waals surface area contributed by atoms with Gasteiger partial charge < -0.3 is 48.2 Å². The van der Waals surface area contributed by atoms with Crippen molar-refractivity contribution in [2.75, 3.05) is 73.1 Å². The minimum absolute atomic E-state index is 0. The van der Waals surface area contributed by atoms with Crippen LogP contribution < -0.4 is 54.9 Å². The van der Waals surface area contributed by atoms with Crippen LogP contribution in [0.4, 0.5) is 42.6 Å². The van der Waals surface area contributed by atoms with Crippen LogP contribution in [-0.4, -0.2) is 150 Å². The smallest absolute Gasteiger partial charge is 0.793 e. The molecule has 32 heteroatoms. The fraction of sp³-hybridized carbons (Fsp3) is 0.387. The van der Waals surface area contributed by atoms with Gasteiger partial charge in [-0.15, -0.1) is 0 Å². The zero-order valence-corrected chi connectivity index (χ0v) is 65.0. The van der Waals surface area contributed by atoms with Crippen LogP contribution in [0, 0.1) is 45.6 Å². The summed E-state index contributed by atoms with van der Waals surface area (Å²) < 4.78 is 40.9. The molecule has 2 aliphatic carbocycles. The van der Waals surface area contributed by atoms with E-state index in [1.807, 2.05) is 89.2 Å². The predicted molar refractivity (Wildman–Crippen MR) is 402 cm³/mol. The van der Waals surface area contributed by atoms with Gasteiger partial charge in [0.15, 0.2) is 10.3 Å². The number of pyridine rings is 2. The maximum atomic E-state index is 13.5. The number of halogens is 2. The molecule has 2 saturated carbocycles. The summed E-state index contributed by atoms with van der Waals surface area (Å²) in [5.41, 5.74) is 14.9. The number of imidazole rings is 2. The molecule has 2 aliphatic heterocycles. The number of aromatic nitrogens is 10. The third kappa shape index (κ3) is 21.3.